The van der Waals surface area contributed by atoms with Crippen molar-refractivity contribution in [1.82, 2.24) is 5.32 Å². The largest absolute Gasteiger partial charge is 0.399 e. The SMILES string of the molecule is CCNC(=O)Nc1cc(C)c(N)cc1C. The highest BCUT2D eigenvalue weighted by molar-refractivity contribution is 5.90. The zero-order chi connectivity index (χ0) is 11.4. The van der Waals surface area contributed by atoms with Crippen molar-refractivity contribution in [1.29, 1.82) is 0 Å². The second-order valence-electron chi connectivity index (χ2n) is 3.51. The molecule has 0 aliphatic carbocycles. The lowest BCUT2D eigenvalue weighted by atomic mass is 10.1. The number of carbonyl (C=O) groups is 1. The lowest BCUT2D eigenvalue weighted by molar-refractivity contribution is 0.252. The summed E-state index contributed by atoms with van der Waals surface area (Å²) in [5.74, 6) is 0. The molecule has 1 aromatic carbocycles. The number of amides is 2. The summed E-state index contributed by atoms with van der Waals surface area (Å²) in [5, 5.41) is 5.45. The van der Waals surface area contributed by atoms with E-state index in [9.17, 15) is 4.79 Å². The van der Waals surface area contributed by atoms with Gasteiger partial charge < -0.3 is 16.4 Å². The van der Waals surface area contributed by atoms with Crippen LogP contribution in [0.1, 0.15) is 18.1 Å². The van der Waals surface area contributed by atoms with Gasteiger partial charge in [-0.15, -0.1) is 0 Å². The monoisotopic (exact) mass is 207 g/mol. The van der Waals surface area contributed by atoms with Crippen molar-refractivity contribution in [2.75, 3.05) is 17.6 Å². The Hall–Kier alpha value is -1.71. The third-order valence-electron chi connectivity index (χ3n) is 2.20. The molecular formula is C11H17N3O. The molecule has 0 fully saturated rings. The molecule has 0 atom stereocenters. The molecule has 0 radical (unpaired) electrons. The van der Waals surface area contributed by atoms with Crippen LogP contribution in [0.4, 0.5) is 16.2 Å². The van der Waals surface area contributed by atoms with Gasteiger partial charge in [0, 0.05) is 17.9 Å². The van der Waals surface area contributed by atoms with Gasteiger partial charge in [-0.2, -0.15) is 0 Å². The van der Waals surface area contributed by atoms with Crippen LogP contribution in [-0.2, 0) is 0 Å². The number of rotatable bonds is 2. The van der Waals surface area contributed by atoms with E-state index in [0.717, 1.165) is 22.5 Å². The molecule has 0 bridgehead atoms. The lowest BCUT2D eigenvalue weighted by Crippen LogP contribution is -2.28. The van der Waals surface area contributed by atoms with Crippen LogP contribution in [0.3, 0.4) is 0 Å². The molecule has 15 heavy (non-hydrogen) atoms. The van der Waals surface area contributed by atoms with Gasteiger partial charge in [0.15, 0.2) is 0 Å². The van der Waals surface area contributed by atoms with Crippen molar-refractivity contribution in [3.05, 3.63) is 23.3 Å². The molecule has 0 aliphatic heterocycles. The molecule has 1 rings (SSSR count). The fourth-order valence-electron chi connectivity index (χ4n) is 1.30. The van der Waals surface area contributed by atoms with Crippen LogP contribution < -0.4 is 16.4 Å². The first-order valence-electron chi connectivity index (χ1n) is 4.96. The number of carbonyl (C=O) groups excluding carboxylic acids is 1. The Morgan fingerprint density at radius 3 is 2.60 bits per heavy atom. The first kappa shape index (κ1) is 11.4. The Balaban J connectivity index is 2.86. The predicted molar refractivity (Wildman–Crippen MR) is 63.0 cm³/mol. The van der Waals surface area contributed by atoms with Gasteiger partial charge in [0.25, 0.3) is 0 Å². The maximum absolute atomic E-state index is 11.3. The summed E-state index contributed by atoms with van der Waals surface area (Å²) in [4.78, 5) is 11.3. The number of aryl methyl sites for hydroxylation is 2. The highest BCUT2D eigenvalue weighted by Gasteiger charge is 2.05. The van der Waals surface area contributed by atoms with Crippen LogP contribution in [0.25, 0.3) is 0 Å². The van der Waals surface area contributed by atoms with Gasteiger partial charge in [-0.05, 0) is 44.0 Å². The third-order valence-corrected chi connectivity index (χ3v) is 2.20. The van der Waals surface area contributed by atoms with Crippen molar-refractivity contribution < 1.29 is 4.79 Å². The minimum atomic E-state index is -0.190. The first-order chi connectivity index (χ1) is 7.04. The molecule has 0 unspecified atom stereocenters. The summed E-state index contributed by atoms with van der Waals surface area (Å²) in [7, 11) is 0. The zero-order valence-electron chi connectivity index (χ0n) is 9.35. The van der Waals surface area contributed by atoms with Gasteiger partial charge in [0.2, 0.25) is 0 Å². The number of hydrogen-bond donors (Lipinski definition) is 3. The van der Waals surface area contributed by atoms with E-state index in [1.54, 1.807) is 0 Å². The minimum absolute atomic E-state index is 0.190. The summed E-state index contributed by atoms with van der Waals surface area (Å²) in [6, 6.07) is 3.54. The predicted octanol–water partition coefficient (Wildman–Crippen LogP) is 2.03. The molecule has 1 aromatic rings. The molecule has 0 aliphatic rings. The average Bonchev–Trinajstić information content (AvgIpc) is 2.14. The number of hydrogen-bond acceptors (Lipinski definition) is 2. The van der Waals surface area contributed by atoms with Crippen molar-refractivity contribution >= 4 is 17.4 Å². The van der Waals surface area contributed by atoms with E-state index in [-0.39, 0.29) is 6.03 Å². The number of nitrogens with one attached hydrogen (secondary N) is 2. The van der Waals surface area contributed by atoms with E-state index < -0.39 is 0 Å². The van der Waals surface area contributed by atoms with E-state index in [4.69, 9.17) is 5.73 Å². The summed E-state index contributed by atoms with van der Waals surface area (Å²) < 4.78 is 0. The van der Waals surface area contributed by atoms with Crippen LogP contribution in [-0.4, -0.2) is 12.6 Å². The molecule has 4 nitrogen and oxygen atoms in total. The maximum atomic E-state index is 11.3. The zero-order valence-corrected chi connectivity index (χ0v) is 9.35. The van der Waals surface area contributed by atoms with Crippen LogP contribution >= 0.6 is 0 Å². The Kier molecular flexibility index (Phi) is 3.55. The van der Waals surface area contributed by atoms with Crippen molar-refractivity contribution in [3.63, 3.8) is 0 Å². The number of nitrogens with two attached hydrogens (primary N) is 1. The topological polar surface area (TPSA) is 67.2 Å². The lowest BCUT2D eigenvalue weighted by Gasteiger charge is -2.11. The van der Waals surface area contributed by atoms with Crippen molar-refractivity contribution in [3.8, 4) is 0 Å². The van der Waals surface area contributed by atoms with Gasteiger partial charge >= 0.3 is 6.03 Å². The molecular weight excluding hydrogens is 190 g/mol. The van der Waals surface area contributed by atoms with Gasteiger partial charge in [-0.1, -0.05) is 0 Å². The van der Waals surface area contributed by atoms with Gasteiger partial charge in [0.1, 0.15) is 0 Å². The molecule has 4 heteroatoms. The number of benzene rings is 1. The van der Waals surface area contributed by atoms with Crippen molar-refractivity contribution in [2.24, 2.45) is 0 Å². The Morgan fingerprint density at radius 1 is 1.33 bits per heavy atom. The van der Waals surface area contributed by atoms with E-state index in [0.29, 0.717) is 6.54 Å². The minimum Gasteiger partial charge on any atom is -0.399 e. The standard InChI is InChI=1S/C11H17N3O/c1-4-13-11(15)14-10-6-7(2)9(12)5-8(10)3/h5-6H,4,12H2,1-3H3,(H2,13,14,15). The summed E-state index contributed by atoms with van der Waals surface area (Å²) in [5.41, 5.74) is 9.22. The van der Waals surface area contributed by atoms with Crippen molar-refractivity contribution in [2.45, 2.75) is 20.8 Å². The molecule has 2 amide bonds. The van der Waals surface area contributed by atoms with E-state index in [1.807, 2.05) is 32.9 Å². The molecule has 0 saturated heterocycles. The molecule has 0 spiro atoms. The van der Waals surface area contributed by atoms with Crippen LogP contribution in [0, 0.1) is 13.8 Å². The van der Waals surface area contributed by atoms with Crippen LogP contribution in [0.15, 0.2) is 12.1 Å². The van der Waals surface area contributed by atoms with Crippen LogP contribution in [0.2, 0.25) is 0 Å². The summed E-state index contributed by atoms with van der Waals surface area (Å²) in [6.07, 6.45) is 0. The third kappa shape index (κ3) is 2.87. The Bertz CT molecular complexity index is 374. The smallest absolute Gasteiger partial charge is 0.319 e. The highest BCUT2D eigenvalue weighted by atomic mass is 16.2. The number of urea groups is 1. The molecule has 0 heterocycles. The molecule has 0 aromatic heterocycles. The van der Waals surface area contributed by atoms with Gasteiger partial charge in [-0.3, -0.25) is 0 Å². The quantitative estimate of drug-likeness (QED) is 0.649. The fraction of sp³-hybridized carbons (Fsp3) is 0.364. The molecule has 0 saturated carbocycles. The number of nitrogen functional groups attached to an aromatic ring is 1. The van der Waals surface area contributed by atoms with Gasteiger partial charge in [0.05, 0.1) is 0 Å². The normalized spacial score (nSPS) is 9.80. The number of anilines is 2. The van der Waals surface area contributed by atoms with Gasteiger partial charge in [-0.25, -0.2) is 4.79 Å². The summed E-state index contributed by atoms with van der Waals surface area (Å²) >= 11 is 0. The average molecular weight is 207 g/mol. The Morgan fingerprint density at radius 2 is 2.00 bits per heavy atom. The fourth-order valence-corrected chi connectivity index (χ4v) is 1.30. The molecule has 82 valence electrons. The second-order valence-corrected chi connectivity index (χ2v) is 3.51. The highest BCUT2D eigenvalue weighted by Crippen LogP contribution is 2.21. The van der Waals surface area contributed by atoms with E-state index in [1.165, 1.54) is 0 Å². The van der Waals surface area contributed by atoms with E-state index in [2.05, 4.69) is 10.6 Å². The summed E-state index contributed by atoms with van der Waals surface area (Å²) in [6.45, 7) is 6.31. The first-order valence-corrected chi connectivity index (χ1v) is 4.96. The maximum Gasteiger partial charge on any atom is 0.319 e. The molecule has 4 N–H and O–H groups in total. The van der Waals surface area contributed by atoms with Crippen LogP contribution in [0.5, 0.6) is 0 Å². The Labute approximate surface area is 89.9 Å². The van der Waals surface area contributed by atoms with E-state index >= 15 is 0 Å². The second kappa shape index (κ2) is 4.68.